The van der Waals surface area contributed by atoms with Gasteiger partial charge in [0.25, 0.3) is 0 Å². The molecule has 7 nitrogen and oxygen atoms in total. The average Bonchev–Trinajstić information content (AvgIpc) is 2.86. The summed E-state index contributed by atoms with van der Waals surface area (Å²) >= 11 is 0. The maximum absolute atomic E-state index is 8.76. The molecule has 1 saturated carbocycles. The van der Waals surface area contributed by atoms with Crippen LogP contribution >= 0.6 is 0 Å². The van der Waals surface area contributed by atoms with E-state index in [9.17, 15) is 0 Å². The van der Waals surface area contributed by atoms with Crippen molar-refractivity contribution in [3.8, 4) is 6.07 Å². The Morgan fingerprint density at radius 1 is 0.941 bits per heavy atom. The van der Waals surface area contributed by atoms with Gasteiger partial charge in [0.1, 0.15) is 5.82 Å². The summed E-state index contributed by atoms with van der Waals surface area (Å²) in [5.41, 5.74) is 3.42. The first kappa shape index (κ1) is 23.8. The summed E-state index contributed by atoms with van der Waals surface area (Å²) in [6.45, 7) is 1.64. The Balaban J connectivity index is 1.27. The minimum Gasteiger partial charge on any atom is -0.374 e. The summed E-state index contributed by atoms with van der Waals surface area (Å²) in [6, 6.07) is 20.0. The highest BCUT2D eigenvalue weighted by Crippen LogP contribution is 2.26. The summed E-state index contributed by atoms with van der Waals surface area (Å²) in [4.78, 5) is 13.7. The van der Waals surface area contributed by atoms with Gasteiger partial charge in [0.05, 0.1) is 18.0 Å². The molecule has 1 aromatic heterocycles. The van der Waals surface area contributed by atoms with E-state index in [0.717, 1.165) is 67.1 Å². The Hall–Kier alpha value is -3.37. The summed E-state index contributed by atoms with van der Waals surface area (Å²) in [5.74, 6) is 1.67. The molecule has 1 aliphatic carbocycles. The summed E-state index contributed by atoms with van der Waals surface area (Å²) in [6.07, 6.45) is 5.03. The van der Waals surface area contributed by atoms with Gasteiger partial charge in [-0.15, -0.1) is 0 Å². The molecule has 0 amide bonds. The van der Waals surface area contributed by atoms with Gasteiger partial charge in [-0.3, -0.25) is 0 Å². The minimum absolute atomic E-state index is 0.400. The number of anilines is 3. The second kappa shape index (κ2) is 11.2. The van der Waals surface area contributed by atoms with E-state index in [-0.39, 0.29) is 0 Å². The third kappa shape index (κ3) is 5.95. The van der Waals surface area contributed by atoms with Gasteiger partial charge in [-0.25, -0.2) is 4.98 Å². The number of nitrogens with zero attached hydrogens (tertiary/aromatic N) is 5. The Morgan fingerprint density at radius 2 is 1.65 bits per heavy atom. The van der Waals surface area contributed by atoms with E-state index in [1.807, 2.05) is 44.2 Å². The third-order valence-corrected chi connectivity index (χ3v) is 6.60. The van der Waals surface area contributed by atoms with E-state index in [2.05, 4.69) is 51.9 Å². The maximum atomic E-state index is 8.76. The van der Waals surface area contributed by atoms with Crippen molar-refractivity contribution in [2.45, 2.75) is 50.7 Å². The molecule has 0 aliphatic heterocycles. The van der Waals surface area contributed by atoms with Crippen molar-refractivity contribution in [1.82, 2.24) is 15.3 Å². The van der Waals surface area contributed by atoms with E-state index in [1.54, 1.807) is 0 Å². The largest absolute Gasteiger partial charge is 0.374 e. The Kier molecular flexibility index (Phi) is 7.81. The lowest BCUT2D eigenvalue weighted by Crippen LogP contribution is -2.37. The van der Waals surface area contributed by atoms with Crippen LogP contribution in [0.1, 0.15) is 37.7 Å². The zero-order valence-corrected chi connectivity index (χ0v) is 20.5. The van der Waals surface area contributed by atoms with Crippen molar-refractivity contribution in [1.29, 1.82) is 5.26 Å². The highest BCUT2D eigenvalue weighted by atomic mass is 15.2. The van der Waals surface area contributed by atoms with E-state index in [4.69, 9.17) is 15.2 Å². The normalized spacial score (nSPS) is 17.8. The second-order valence-corrected chi connectivity index (χ2v) is 9.35. The van der Waals surface area contributed by atoms with Crippen LogP contribution in [0.2, 0.25) is 0 Å². The minimum atomic E-state index is 0.400. The molecule has 0 saturated heterocycles. The van der Waals surface area contributed by atoms with Crippen molar-refractivity contribution in [3.05, 3.63) is 54.1 Å². The number of aromatic nitrogens is 2. The number of hydrogen-bond donors (Lipinski definition) is 2. The molecule has 1 fully saturated rings. The molecule has 1 heterocycles. The second-order valence-electron chi connectivity index (χ2n) is 9.35. The number of rotatable bonds is 9. The number of hydrogen-bond acceptors (Lipinski definition) is 7. The van der Waals surface area contributed by atoms with Crippen LogP contribution in [0.4, 0.5) is 17.5 Å². The van der Waals surface area contributed by atoms with E-state index in [1.165, 1.54) is 5.56 Å². The molecule has 3 aromatic rings. The van der Waals surface area contributed by atoms with E-state index >= 15 is 0 Å². The zero-order chi connectivity index (χ0) is 23.9. The van der Waals surface area contributed by atoms with E-state index in [0.29, 0.717) is 18.5 Å². The summed E-state index contributed by atoms with van der Waals surface area (Å²) in [5, 5.41) is 17.2. The number of nitriles is 1. The van der Waals surface area contributed by atoms with Gasteiger partial charge in [0, 0.05) is 57.4 Å². The molecule has 178 valence electrons. The Labute approximate surface area is 202 Å². The van der Waals surface area contributed by atoms with Crippen LogP contribution in [0.3, 0.4) is 0 Å². The van der Waals surface area contributed by atoms with Gasteiger partial charge in [-0.05, 0) is 55.5 Å². The molecule has 7 heteroatoms. The first-order chi connectivity index (χ1) is 16.5. The lowest BCUT2D eigenvalue weighted by Gasteiger charge is -2.30. The monoisotopic (exact) mass is 457 g/mol. The van der Waals surface area contributed by atoms with Crippen LogP contribution in [0.5, 0.6) is 0 Å². The number of benzene rings is 2. The highest BCUT2D eigenvalue weighted by molar-refractivity contribution is 5.90. The first-order valence-electron chi connectivity index (χ1n) is 12.1. The Morgan fingerprint density at radius 3 is 2.35 bits per heavy atom. The van der Waals surface area contributed by atoms with Crippen LogP contribution in [-0.4, -0.2) is 49.7 Å². The quantitative estimate of drug-likeness (QED) is 0.488. The van der Waals surface area contributed by atoms with Crippen molar-refractivity contribution in [2.24, 2.45) is 0 Å². The molecule has 4 rings (SSSR count). The van der Waals surface area contributed by atoms with Gasteiger partial charge in [0.2, 0.25) is 5.95 Å². The SMILES string of the molecule is CN(C)c1nc(N[C@H]2CC[C@@H](NCc3ccc(N(C)CCC#N)cc3)CC2)nc2ccccc12. The van der Waals surface area contributed by atoms with Gasteiger partial charge in [-0.1, -0.05) is 24.3 Å². The topological polar surface area (TPSA) is 80.1 Å². The van der Waals surface area contributed by atoms with E-state index < -0.39 is 0 Å². The van der Waals surface area contributed by atoms with Crippen molar-refractivity contribution >= 4 is 28.4 Å². The van der Waals surface area contributed by atoms with Crippen molar-refractivity contribution < 1.29 is 0 Å². The van der Waals surface area contributed by atoms with Crippen LogP contribution in [0.25, 0.3) is 10.9 Å². The van der Waals surface area contributed by atoms with Crippen molar-refractivity contribution in [2.75, 3.05) is 42.8 Å². The molecule has 0 bridgehead atoms. The highest BCUT2D eigenvalue weighted by Gasteiger charge is 2.22. The molecular weight excluding hydrogens is 422 g/mol. The van der Waals surface area contributed by atoms with Crippen LogP contribution in [0, 0.1) is 11.3 Å². The summed E-state index contributed by atoms with van der Waals surface area (Å²) in [7, 11) is 6.08. The standard InChI is InChI=1S/C27H35N7/c1-33(2)26-24-7-4-5-8-25(24)31-27(32-26)30-22-13-11-21(12-14-22)29-19-20-9-15-23(16-10-20)34(3)18-6-17-28/h4-5,7-10,15-16,21-22,29H,6,11-14,18-19H2,1-3H3,(H,30,31,32)/t21-,22+. The number of para-hydroxylation sites is 1. The molecule has 0 atom stereocenters. The predicted octanol–water partition coefficient (Wildman–Crippen LogP) is 4.56. The predicted molar refractivity (Wildman–Crippen MR) is 140 cm³/mol. The van der Waals surface area contributed by atoms with Crippen LogP contribution in [0.15, 0.2) is 48.5 Å². The maximum Gasteiger partial charge on any atom is 0.225 e. The number of fused-ring (bicyclic) bond motifs is 1. The first-order valence-corrected chi connectivity index (χ1v) is 12.1. The van der Waals surface area contributed by atoms with Gasteiger partial charge in [0.15, 0.2) is 0 Å². The molecule has 2 N–H and O–H groups in total. The third-order valence-electron chi connectivity index (χ3n) is 6.60. The molecular formula is C27H35N7. The van der Waals surface area contributed by atoms with Gasteiger partial charge >= 0.3 is 0 Å². The van der Waals surface area contributed by atoms with Gasteiger partial charge < -0.3 is 20.4 Å². The molecule has 0 unspecified atom stereocenters. The van der Waals surface area contributed by atoms with Gasteiger partial charge in [-0.2, -0.15) is 10.2 Å². The zero-order valence-electron chi connectivity index (χ0n) is 20.5. The lowest BCUT2D eigenvalue weighted by molar-refractivity contribution is 0.352. The molecule has 1 aliphatic rings. The molecule has 34 heavy (non-hydrogen) atoms. The summed E-state index contributed by atoms with van der Waals surface area (Å²) < 4.78 is 0. The molecule has 0 radical (unpaired) electrons. The number of nitrogens with one attached hydrogen (secondary N) is 2. The Bertz CT molecular complexity index is 1110. The average molecular weight is 458 g/mol. The fourth-order valence-corrected chi connectivity index (χ4v) is 4.57. The smallest absolute Gasteiger partial charge is 0.225 e. The fourth-order valence-electron chi connectivity index (χ4n) is 4.57. The molecule has 2 aromatic carbocycles. The van der Waals surface area contributed by atoms with Crippen LogP contribution in [-0.2, 0) is 6.54 Å². The van der Waals surface area contributed by atoms with Crippen LogP contribution < -0.4 is 20.4 Å². The lowest BCUT2D eigenvalue weighted by atomic mass is 9.91. The molecule has 0 spiro atoms. The van der Waals surface area contributed by atoms with Crippen molar-refractivity contribution in [3.63, 3.8) is 0 Å². The fraction of sp³-hybridized carbons (Fsp3) is 0.444.